The third kappa shape index (κ3) is 2.67. The number of halogens is 3. The minimum absolute atomic E-state index is 0.0227. The highest BCUT2D eigenvalue weighted by molar-refractivity contribution is 6.36. The van der Waals surface area contributed by atoms with Gasteiger partial charge in [0.15, 0.2) is 0 Å². The minimum atomic E-state index is -0.698. The van der Waals surface area contributed by atoms with Crippen LogP contribution in [-0.2, 0) is 14.3 Å². The van der Waals surface area contributed by atoms with Gasteiger partial charge in [-0.05, 0) is 12.1 Å². The van der Waals surface area contributed by atoms with Gasteiger partial charge in [-0.15, -0.1) is 0 Å². The molecule has 1 heterocycles. The quantitative estimate of drug-likeness (QED) is 0.789. The zero-order valence-electron chi connectivity index (χ0n) is 9.95. The van der Waals surface area contributed by atoms with Crippen LogP contribution in [0.2, 0.25) is 10.0 Å². The van der Waals surface area contributed by atoms with Crippen molar-refractivity contribution in [2.24, 2.45) is 5.92 Å². The standard InChI is InChI=1S/C12H10Cl2FNO3/c1-19-12(18)6-2-10(17)16(5-6)11-8(14)3-7(13)4-9(11)15/h3-4,6H,2,5H2,1H3. The highest BCUT2D eigenvalue weighted by Crippen LogP contribution is 2.35. The van der Waals surface area contributed by atoms with Crippen LogP contribution in [0.4, 0.5) is 10.1 Å². The molecule has 1 aliphatic heterocycles. The number of anilines is 1. The summed E-state index contributed by atoms with van der Waals surface area (Å²) in [5, 5.41) is 0.172. The number of carbonyl (C=O) groups is 2. The predicted molar refractivity (Wildman–Crippen MR) is 68.9 cm³/mol. The lowest BCUT2D eigenvalue weighted by atomic mass is 10.1. The van der Waals surface area contributed by atoms with Crippen molar-refractivity contribution in [1.29, 1.82) is 0 Å². The van der Waals surface area contributed by atoms with E-state index < -0.39 is 17.7 Å². The average Bonchev–Trinajstić information content (AvgIpc) is 2.69. The van der Waals surface area contributed by atoms with Crippen molar-refractivity contribution in [1.82, 2.24) is 0 Å². The maximum absolute atomic E-state index is 13.9. The van der Waals surface area contributed by atoms with Gasteiger partial charge in [-0.3, -0.25) is 9.59 Å². The zero-order valence-corrected chi connectivity index (χ0v) is 11.5. The van der Waals surface area contributed by atoms with E-state index in [0.29, 0.717) is 0 Å². The highest BCUT2D eigenvalue weighted by Gasteiger charge is 2.37. The molecule has 0 spiro atoms. The summed E-state index contributed by atoms with van der Waals surface area (Å²) in [5.74, 6) is -2.18. The van der Waals surface area contributed by atoms with Gasteiger partial charge >= 0.3 is 5.97 Å². The number of hydrogen-bond acceptors (Lipinski definition) is 3. The Morgan fingerprint density at radius 1 is 1.47 bits per heavy atom. The Kier molecular flexibility index (Phi) is 3.96. The zero-order chi connectivity index (χ0) is 14.2. The van der Waals surface area contributed by atoms with Crippen molar-refractivity contribution in [2.45, 2.75) is 6.42 Å². The second-order valence-corrected chi connectivity index (χ2v) is 4.99. The molecular formula is C12H10Cl2FNO3. The first kappa shape index (κ1) is 14.1. The third-order valence-corrected chi connectivity index (χ3v) is 3.42. The Morgan fingerprint density at radius 3 is 2.74 bits per heavy atom. The lowest BCUT2D eigenvalue weighted by Crippen LogP contribution is -2.27. The Bertz CT molecular complexity index is 527. The van der Waals surface area contributed by atoms with Crippen molar-refractivity contribution in [2.75, 3.05) is 18.6 Å². The predicted octanol–water partition coefficient (Wildman–Crippen LogP) is 2.66. The smallest absolute Gasteiger partial charge is 0.311 e. The van der Waals surface area contributed by atoms with Crippen molar-refractivity contribution in [3.63, 3.8) is 0 Å². The van der Waals surface area contributed by atoms with Gasteiger partial charge in [0.2, 0.25) is 5.91 Å². The third-order valence-electron chi connectivity index (χ3n) is 2.91. The van der Waals surface area contributed by atoms with E-state index in [1.807, 2.05) is 0 Å². The summed E-state index contributed by atoms with van der Waals surface area (Å²) in [5.41, 5.74) is -0.0533. The second-order valence-electron chi connectivity index (χ2n) is 4.15. The first-order valence-corrected chi connectivity index (χ1v) is 6.22. The van der Waals surface area contributed by atoms with Crippen LogP contribution in [-0.4, -0.2) is 25.5 Å². The van der Waals surface area contributed by atoms with E-state index in [1.165, 1.54) is 13.2 Å². The Hall–Kier alpha value is -1.33. The molecule has 1 atom stereocenters. The van der Waals surface area contributed by atoms with Crippen molar-refractivity contribution < 1.29 is 18.7 Å². The number of methoxy groups -OCH3 is 1. The van der Waals surface area contributed by atoms with E-state index in [4.69, 9.17) is 23.2 Å². The van der Waals surface area contributed by atoms with Gasteiger partial charge in [-0.25, -0.2) is 4.39 Å². The van der Waals surface area contributed by atoms with Crippen molar-refractivity contribution in [3.8, 4) is 0 Å². The summed E-state index contributed by atoms with van der Waals surface area (Å²) >= 11 is 11.6. The average molecular weight is 306 g/mol. The molecule has 0 N–H and O–H groups in total. The number of hydrogen-bond donors (Lipinski definition) is 0. The number of carbonyl (C=O) groups excluding carboxylic acids is 2. The van der Waals surface area contributed by atoms with Gasteiger partial charge in [-0.1, -0.05) is 23.2 Å². The molecule has 102 valence electrons. The van der Waals surface area contributed by atoms with Crippen LogP contribution in [0.25, 0.3) is 0 Å². The molecule has 1 amide bonds. The summed E-state index contributed by atoms with van der Waals surface area (Å²) in [6, 6.07) is 2.42. The molecule has 1 aromatic carbocycles. The first-order valence-electron chi connectivity index (χ1n) is 5.46. The van der Waals surface area contributed by atoms with Gasteiger partial charge in [0, 0.05) is 18.0 Å². The summed E-state index contributed by atoms with van der Waals surface area (Å²) in [6.07, 6.45) is -0.0227. The molecule has 7 heteroatoms. The van der Waals surface area contributed by atoms with Gasteiger partial charge in [-0.2, -0.15) is 0 Å². The lowest BCUT2D eigenvalue weighted by Gasteiger charge is -2.18. The molecule has 4 nitrogen and oxygen atoms in total. The summed E-state index contributed by atoms with van der Waals surface area (Å²) in [7, 11) is 1.24. The van der Waals surface area contributed by atoms with Crippen LogP contribution in [0, 0.1) is 11.7 Å². The van der Waals surface area contributed by atoms with Crippen LogP contribution in [0.15, 0.2) is 12.1 Å². The van der Waals surface area contributed by atoms with Crippen molar-refractivity contribution in [3.05, 3.63) is 28.0 Å². The normalized spacial score (nSPS) is 18.8. The maximum atomic E-state index is 13.9. The minimum Gasteiger partial charge on any atom is -0.469 e. The van der Waals surface area contributed by atoms with Crippen molar-refractivity contribution >= 4 is 40.8 Å². The molecule has 2 rings (SSSR count). The fourth-order valence-corrected chi connectivity index (χ4v) is 2.61. The van der Waals surface area contributed by atoms with Gasteiger partial charge in [0.05, 0.1) is 23.7 Å². The summed E-state index contributed by atoms with van der Waals surface area (Å²) in [4.78, 5) is 24.4. The Balaban J connectivity index is 2.33. The van der Waals surface area contributed by atoms with Crippen LogP contribution in [0.1, 0.15) is 6.42 Å². The molecule has 0 aliphatic carbocycles. The molecule has 1 fully saturated rings. The van der Waals surface area contributed by atoms with E-state index in [0.717, 1.165) is 11.0 Å². The van der Waals surface area contributed by atoms with Crippen LogP contribution < -0.4 is 4.90 Å². The van der Waals surface area contributed by atoms with E-state index >= 15 is 0 Å². The molecule has 0 radical (unpaired) electrons. The summed E-state index contributed by atoms with van der Waals surface area (Å²) < 4.78 is 18.4. The fourth-order valence-electron chi connectivity index (χ4n) is 2.04. The molecular weight excluding hydrogens is 296 g/mol. The fraction of sp³-hybridized carbons (Fsp3) is 0.333. The number of nitrogens with zero attached hydrogens (tertiary/aromatic N) is 1. The van der Waals surface area contributed by atoms with Gasteiger partial charge in [0.1, 0.15) is 5.82 Å². The monoisotopic (exact) mass is 305 g/mol. The maximum Gasteiger partial charge on any atom is 0.311 e. The topological polar surface area (TPSA) is 46.6 Å². The van der Waals surface area contributed by atoms with Gasteiger partial charge < -0.3 is 9.64 Å². The first-order chi connectivity index (χ1) is 8.93. The molecule has 1 saturated heterocycles. The molecule has 0 bridgehead atoms. The number of ether oxygens (including phenoxy) is 1. The lowest BCUT2D eigenvalue weighted by molar-refractivity contribution is -0.145. The van der Waals surface area contributed by atoms with E-state index in [2.05, 4.69) is 4.74 Å². The number of benzene rings is 1. The molecule has 0 saturated carbocycles. The second kappa shape index (κ2) is 5.35. The van der Waals surface area contributed by atoms with E-state index in [9.17, 15) is 14.0 Å². The van der Waals surface area contributed by atoms with Crippen LogP contribution in [0.5, 0.6) is 0 Å². The van der Waals surface area contributed by atoms with Gasteiger partial charge in [0.25, 0.3) is 0 Å². The van der Waals surface area contributed by atoms with Crippen LogP contribution in [0.3, 0.4) is 0 Å². The number of rotatable bonds is 2. The number of amides is 1. The largest absolute Gasteiger partial charge is 0.469 e. The molecule has 1 aliphatic rings. The SMILES string of the molecule is COC(=O)C1CC(=O)N(c2c(F)cc(Cl)cc2Cl)C1. The Morgan fingerprint density at radius 2 is 2.16 bits per heavy atom. The molecule has 1 unspecified atom stereocenters. The van der Waals surface area contributed by atoms with E-state index in [1.54, 1.807) is 0 Å². The molecule has 0 aromatic heterocycles. The summed E-state index contributed by atoms with van der Waals surface area (Å²) in [6.45, 7) is 0.0454. The molecule has 1 aromatic rings. The van der Waals surface area contributed by atoms with Crippen LogP contribution >= 0.6 is 23.2 Å². The highest BCUT2D eigenvalue weighted by atomic mass is 35.5. The Labute approximate surface area is 119 Å². The number of esters is 1. The molecule has 19 heavy (non-hydrogen) atoms. The van der Waals surface area contributed by atoms with E-state index in [-0.39, 0.29) is 34.6 Å².